The van der Waals surface area contributed by atoms with Crippen LogP contribution in [0.15, 0.2) is 23.1 Å². The molecule has 0 aliphatic rings. The van der Waals surface area contributed by atoms with Gasteiger partial charge >= 0.3 is 0 Å². The molecule has 1 aromatic carbocycles. The maximum Gasteiger partial charge on any atom is 0.240 e. The Balaban J connectivity index is 2.63. The van der Waals surface area contributed by atoms with Crippen molar-refractivity contribution in [3.8, 4) is 0 Å². The van der Waals surface area contributed by atoms with Gasteiger partial charge in [-0.1, -0.05) is 0 Å². The highest BCUT2D eigenvalue weighted by molar-refractivity contribution is 7.89. The molecule has 0 saturated heterocycles. The van der Waals surface area contributed by atoms with Gasteiger partial charge in [0.05, 0.1) is 23.3 Å². The van der Waals surface area contributed by atoms with Crippen LogP contribution >= 0.6 is 0 Å². The summed E-state index contributed by atoms with van der Waals surface area (Å²) in [6.45, 7) is 0.150. The first-order chi connectivity index (χ1) is 8.86. The lowest BCUT2D eigenvalue weighted by Crippen LogP contribution is -2.28. The molecule has 0 fully saturated rings. The van der Waals surface area contributed by atoms with E-state index in [-0.39, 0.29) is 30.2 Å². The van der Waals surface area contributed by atoms with Crippen LogP contribution in [-0.2, 0) is 14.8 Å². The van der Waals surface area contributed by atoms with Gasteiger partial charge in [-0.2, -0.15) is 0 Å². The summed E-state index contributed by atoms with van der Waals surface area (Å²) in [4.78, 5) is -0.208. The molecule has 1 atom stereocenters. The molecule has 108 valence electrons. The Hall–Kier alpha value is -1.22. The van der Waals surface area contributed by atoms with E-state index in [1.165, 1.54) is 19.2 Å². The number of nitrogens with one attached hydrogen (secondary N) is 1. The Morgan fingerprint density at radius 2 is 2.21 bits per heavy atom. The largest absolute Gasteiger partial charge is 0.396 e. The van der Waals surface area contributed by atoms with Crippen molar-refractivity contribution in [3.63, 3.8) is 0 Å². The smallest absolute Gasteiger partial charge is 0.240 e. The summed E-state index contributed by atoms with van der Waals surface area (Å²) in [5.74, 6) is -0.790. The number of benzene rings is 1. The highest BCUT2D eigenvalue weighted by Crippen LogP contribution is 2.15. The number of aliphatic hydroxyl groups excluding tert-OH is 1. The van der Waals surface area contributed by atoms with Crippen LogP contribution in [0.2, 0.25) is 0 Å². The number of ether oxygens (including phenoxy) is 1. The number of halogens is 1. The minimum Gasteiger partial charge on any atom is -0.396 e. The van der Waals surface area contributed by atoms with Crippen LogP contribution in [0.5, 0.6) is 0 Å². The van der Waals surface area contributed by atoms with Gasteiger partial charge < -0.3 is 15.6 Å². The maximum absolute atomic E-state index is 13.2. The summed E-state index contributed by atoms with van der Waals surface area (Å²) in [6, 6.07) is 3.25. The van der Waals surface area contributed by atoms with E-state index in [2.05, 4.69) is 4.72 Å². The molecule has 8 heteroatoms. The SMILES string of the molecule is COCC(O)CCNS(=O)(=O)c1ccc(N)c(F)c1. The normalized spacial score (nSPS) is 13.4. The second-order valence-electron chi connectivity index (χ2n) is 3.98. The highest BCUT2D eigenvalue weighted by atomic mass is 32.2. The predicted octanol–water partition coefficient (Wildman–Crippen LogP) is 0.0836. The molecular formula is C11H17FN2O4S. The van der Waals surface area contributed by atoms with Crippen molar-refractivity contribution in [2.75, 3.05) is 26.0 Å². The lowest BCUT2D eigenvalue weighted by molar-refractivity contribution is 0.0603. The van der Waals surface area contributed by atoms with Crippen LogP contribution in [0.3, 0.4) is 0 Å². The summed E-state index contributed by atoms with van der Waals surface area (Å²) >= 11 is 0. The van der Waals surface area contributed by atoms with Crippen LogP contribution < -0.4 is 10.5 Å². The lowest BCUT2D eigenvalue weighted by atomic mass is 10.3. The van der Waals surface area contributed by atoms with E-state index in [1.54, 1.807) is 0 Å². The minimum absolute atomic E-state index is 0.0266. The van der Waals surface area contributed by atoms with E-state index in [9.17, 15) is 17.9 Å². The van der Waals surface area contributed by atoms with Crippen LogP contribution in [0.25, 0.3) is 0 Å². The zero-order valence-electron chi connectivity index (χ0n) is 10.5. The Labute approximate surface area is 111 Å². The highest BCUT2D eigenvalue weighted by Gasteiger charge is 2.16. The molecule has 0 radical (unpaired) electrons. The number of anilines is 1. The quantitative estimate of drug-likeness (QED) is 0.618. The number of sulfonamides is 1. The summed E-state index contributed by atoms with van der Waals surface area (Å²) in [5, 5.41) is 9.36. The molecule has 4 N–H and O–H groups in total. The number of rotatable bonds is 7. The molecule has 0 amide bonds. The van der Waals surface area contributed by atoms with Gasteiger partial charge in [0.2, 0.25) is 10.0 Å². The van der Waals surface area contributed by atoms with Crippen LogP contribution in [0, 0.1) is 5.82 Å². The van der Waals surface area contributed by atoms with Crippen LogP contribution in [-0.4, -0.2) is 39.9 Å². The third-order valence-electron chi connectivity index (χ3n) is 2.41. The van der Waals surface area contributed by atoms with Gasteiger partial charge in [-0.3, -0.25) is 0 Å². The van der Waals surface area contributed by atoms with Crippen molar-refractivity contribution >= 4 is 15.7 Å². The molecule has 19 heavy (non-hydrogen) atoms. The molecule has 0 aromatic heterocycles. The summed E-state index contributed by atoms with van der Waals surface area (Å²) in [6.07, 6.45) is -0.555. The van der Waals surface area contributed by atoms with Gasteiger partial charge in [0.15, 0.2) is 0 Å². The average Bonchev–Trinajstić information content (AvgIpc) is 2.32. The van der Waals surface area contributed by atoms with E-state index in [1.807, 2.05) is 0 Å². The first-order valence-corrected chi connectivity index (χ1v) is 7.07. The van der Waals surface area contributed by atoms with E-state index in [0.717, 1.165) is 6.07 Å². The summed E-state index contributed by atoms with van der Waals surface area (Å²) in [5.41, 5.74) is 5.15. The van der Waals surface area contributed by atoms with E-state index < -0.39 is 21.9 Å². The molecule has 1 aromatic rings. The van der Waals surface area contributed by atoms with Gasteiger partial charge in [0.1, 0.15) is 5.82 Å². The molecular weight excluding hydrogens is 275 g/mol. The number of hydrogen-bond donors (Lipinski definition) is 3. The van der Waals surface area contributed by atoms with Crippen LogP contribution in [0.1, 0.15) is 6.42 Å². The lowest BCUT2D eigenvalue weighted by Gasteiger charge is -2.11. The number of aliphatic hydroxyl groups is 1. The molecule has 0 aliphatic carbocycles. The van der Waals surface area contributed by atoms with Crippen molar-refractivity contribution in [1.82, 2.24) is 4.72 Å². The van der Waals surface area contributed by atoms with Gasteiger partial charge in [0.25, 0.3) is 0 Å². The van der Waals surface area contributed by atoms with Gasteiger partial charge in [-0.05, 0) is 24.6 Å². The molecule has 1 unspecified atom stereocenters. The number of hydrogen-bond acceptors (Lipinski definition) is 5. The Kier molecular flexibility index (Phi) is 5.67. The molecule has 0 heterocycles. The van der Waals surface area contributed by atoms with Crippen molar-refractivity contribution in [1.29, 1.82) is 0 Å². The fraction of sp³-hybridized carbons (Fsp3) is 0.455. The fourth-order valence-electron chi connectivity index (χ4n) is 1.39. The molecule has 0 spiro atoms. The Bertz CT molecular complexity index is 521. The van der Waals surface area contributed by atoms with Crippen LogP contribution in [0.4, 0.5) is 10.1 Å². The summed E-state index contributed by atoms with van der Waals surface area (Å²) in [7, 11) is -2.37. The van der Waals surface area contributed by atoms with E-state index in [0.29, 0.717) is 0 Å². The zero-order valence-corrected chi connectivity index (χ0v) is 11.3. The molecule has 0 bridgehead atoms. The van der Waals surface area contributed by atoms with Crippen molar-refractivity contribution in [2.24, 2.45) is 0 Å². The zero-order chi connectivity index (χ0) is 14.5. The van der Waals surface area contributed by atoms with Gasteiger partial charge in [0, 0.05) is 13.7 Å². The molecule has 1 rings (SSSR count). The van der Waals surface area contributed by atoms with E-state index >= 15 is 0 Å². The van der Waals surface area contributed by atoms with Crippen molar-refractivity contribution in [3.05, 3.63) is 24.0 Å². The Morgan fingerprint density at radius 3 is 2.79 bits per heavy atom. The maximum atomic E-state index is 13.2. The first-order valence-electron chi connectivity index (χ1n) is 5.58. The third kappa shape index (κ3) is 4.75. The Morgan fingerprint density at radius 1 is 1.53 bits per heavy atom. The first kappa shape index (κ1) is 15.8. The number of nitrogen functional groups attached to an aromatic ring is 1. The second kappa shape index (κ2) is 6.80. The topological polar surface area (TPSA) is 102 Å². The molecule has 0 saturated carbocycles. The van der Waals surface area contributed by atoms with E-state index in [4.69, 9.17) is 10.5 Å². The van der Waals surface area contributed by atoms with Crippen molar-refractivity contribution in [2.45, 2.75) is 17.4 Å². The predicted molar refractivity (Wildman–Crippen MR) is 68.5 cm³/mol. The summed E-state index contributed by atoms with van der Waals surface area (Å²) < 4.78 is 43.8. The standard InChI is InChI=1S/C11H17FN2O4S/c1-18-7-8(15)4-5-14-19(16,17)9-2-3-11(13)10(12)6-9/h2-3,6,8,14-15H,4-5,7,13H2,1H3. The second-order valence-corrected chi connectivity index (χ2v) is 5.75. The number of methoxy groups -OCH3 is 1. The van der Waals surface area contributed by atoms with Gasteiger partial charge in [-0.25, -0.2) is 17.5 Å². The molecule has 0 aliphatic heterocycles. The number of nitrogens with two attached hydrogens (primary N) is 1. The minimum atomic E-state index is -3.81. The monoisotopic (exact) mass is 292 g/mol. The van der Waals surface area contributed by atoms with Gasteiger partial charge in [-0.15, -0.1) is 0 Å². The fourth-order valence-corrected chi connectivity index (χ4v) is 2.45. The van der Waals surface area contributed by atoms with Crippen molar-refractivity contribution < 1.29 is 22.7 Å². The third-order valence-corrected chi connectivity index (χ3v) is 3.87. The average molecular weight is 292 g/mol. The molecule has 6 nitrogen and oxygen atoms in total.